The Hall–Kier alpha value is -3.65. The fourth-order valence-electron chi connectivity index (χ4n) is 4.59. The van der Waals surface area contributed by atoms with Gasteiger partial charge in [0.25, 0.3) is 0 Å². The van der Waals surface area contributed by atoms with Gasteiger partial charge in [0.15, 0.2) is 0 Å². The van der Waals surface area contributed by atoms with Crippen LogP contribution in [0.2, 0.25) is 0 Å². The molecule has 2 amide bonds. The first-order valence-corrected chi connectivity index (χ1v) is 11.7. The second-order valence-electron chi connectivity index (χ2n) is 9.14. The molecular formula is C27H30N2O6. The highest BCUT2D eigenvalue weighted by atomic mass is 16.5. The molecule has 0 aromatic heterocycles. The molecule has 2 aliphatic rings. The van der Waals surface area contributed by atoms with Gasteiger partial charge in [0.2, 0.25) is 5.91 Å². The van der Waals surface area contributed by atoms with Crippen molar-refractivity contribution in [1.82, 2.24) is 10.6 Å². The topological polar surface area (TPSA) is 114 Å². The molecule has 1 fully saturated rings. The van der Waals surface area contributed by atoms with Crippen molar-refractivity contribution in [2.24, 2.45) is 5.92 Å². The first-order valence-electron chi connectivity index (χ1n) is 11.7. The van der Waals surface area contributed by atoms with Gasteiger partial charge in [-0.15, -0.1) is 0 Å². The number of hydrogen-bond acceptors (Lipinski definition) is 5. The number of carboxylic acids is 1. The molecule has 1 aliphatic heterocycles. The van der Waals surface area contributed by atoms with Gasteiger partial charge < -0.3 is 25.2 Å². The number of alkyl carbamates (subject to hydrolysis) is 1. The highest BCUT2D eigenvalue weighted by Crippen LogP contribution is 2.44. The summed E-state index contributed by atoms with van der Waals surface area (Å²) in [5.74, 6) is -2.42. The lowest BCUT2D eigenvalue weighted by molar-refractivity contribution is -0.142. The van der Waals surface area contributed by atoms with Crippen molar-refractivity contribution < 1.29 is 29.0 Å². The van der Waals surface area contributed by atoms with Gasteiger partial charge in [-0.1, -0.05) is 60.2 Å². The second kappa shape index (κ2) is 10.7. The zero-order chi connectivity index (χ0) is 24.9. The zero-order valence-electron chi connectivity index (χ0n) is 19.8. The van der Waals surface area contributed by atoms with Gasteiger partial charge in [-0.25, -0.2) is 4.79 Å². The van der Waals surface area contributed by atoms with Crippen molar-refractivity contribution >= 4 is 18.0 Å². The number of fused-ring (bicyclic) bond motifs is 3. The van der Waals surface area contributed by atoms with Crippen LogP contribution >= 0.6 is 0 Å². The van der Waals surface area contributed by atoms with Gasteiger partial charge in [-0.2, -0.15) is 0 Å². The summed E-state index contributed by atoms with van der Waals surface area (Å²) >= 11 is 0. The Morgan fingerprint density at radius 1 is 1.06 bits per heavy atom. The lowest BCUT2D eigenvalue weighted by Crippen LogP contribution is -2.52. The van der Waals surface area contributed by atoms with Crippen LogP contribution in [0.4, 0.5) is 4.79 Å². The molecule has 0 radical (unpaired) electrons. The fourth-order valence-corrected chi connectivity index (χ4v) is 4.59. The largest absolute Gasteiger partial charge is 0.481 e. The molecule has 1 heterocycles. The average molecular weight is 479 g/mol. The Bertz CT molecular complexity index is 1090. The standard InChI is InChI=1S/C27H30N2O6/c1-16(2)11-12-23(25(30)28-24-15-34-13-22(24)26(31)32)29-27(33)35-14-21-19-9-5-3-7-17(19)18-8-4-6-10-20(18)21/h3-11,21-24H,12-15H2,1-2H3,(H,28,30)(H,29,33)(H,31,32). The van der Waals surface area contributed by atoms with Crippen LogP contribution in [0.5, 0.6) is 0 Å². The summed E-state index contributed by atoms with van der Waals surface area (Å²) in [6, 6.07) is 14.5. The summed E-state index contributed by atoms with van der Waals surface area (Å²) in [5, 5.41) is 14.7. The Kier molecular flexibility index (Phi) is 7.51. The van der Waals surface area contributed by atoms with E-state index in [1.807, 2.05) is 56.3 Å². The van der Waals surface area contributed by atoms with E-state index in [1.165, 1.54) is 0 Å². The minimum atomic E-state index is -1.03. The van der Waals surface area contributed by atoms with Crippen LogP contribution in [0.1, 0.15) is 37.3 Å². The summed E-state index contributed by atoms with van der Waals surface area (Å²) < 4.78 is 10.8. The molecule has 3 unspecified atom stereocenters. The number of carbonyl (C=O) groups is 3. The SMILES string of the molecule is CC(C)=CCC(NC(=O)OCC1c2ccccc2-c2ccccc21)C(=O)NC1COCC1C(=O)O. The summed E-state index contributed by atoms with van der Waals surface area (Å²) in [6.45, 7) is 4.08. The lowest BCUT2D eigenvalue weighted by Gasteiger charge is -2.22. The van der Waals surface area contributed by atoms with E-state index in [4.69, 9.17) is 9.47 Å². The maximum absolute atomic E-state index is 12.9. The van der Waals surface area contributed by atoms with Gasteiger partial charge in [0, 0.05) is 5.92 Å². The number of allylic oxidation sites excluding steroid dienone is 1. The zero-order valence-corrected chi connectivity index (χ0v) is 19.8. The highest BCUT2D eigenvalue weighted by Gasteiger charge is 2.36. The van der Waals surface area contributed by atoms with E-state index in [-0.39, 0.29) is 32.2 Å². The van der Waals surface area contributed by atoms with E-state index < -0.39 is 36.0 Å². The Labute approximate surface area is 204 Å². The maximum Gasteiger partial charge on any atom is 0.407 e. The predicted molar refractivity (Wildman–Crippen MR) is 130 cm³/mol. The van der Waals surface area contributed by atoms with Crippen molar-refractivity contribution in [2.45, 2.75) is 38.3 Å². The monoisotopic (exact) mass is 478 g/mol. The molecular weight excluding hydrogens is 448 g/mol. The molecule has 8 heteroatoms. The van der Waals surface area contributed by atoms with Crippen LogP contribution in [0.15, 0.2) is 60.2 Å². The van der Waals surface area contributed by atoms with Gasteiger partial charge in [0.05, 0.1) is 19.3 Å². The molecule has 2 aromatic carbocycles. The minimum absolute atomic E-state index is 0.0404. The third-order valence-corrected chi connectivity index (χ3v) is 6.44. The molecule has 4 rings (SSSR count). The Balaban J connectivity index is 1.42. The molecule has 3 atom stereocenters. The molecule has 1 saturated heterocycles. The number of nitrogens with one attached hydrogen (secondary N) is 2. The van der Waals surface area contributed by atoms with Crippen molar-refractivity contribution in [1.29, 1.82) is 0 Å². The smallest absolute Gasteiger partial charge is 0.407 e. The number of benzene rings is 2. The van der Waals surface area contributed by atoms with E-state index in [1.54, 1.807) is 0 Å². The summed E-state index contributed by atoms with van der Waals surface area (Å²) in [4.78, 5) is 37.1. The third-order valence-electron chi connectivity index (χ3n) is 6.44. The number of hydrogen-bond donors (Lipinski definition) is 3. The molecule has 35 heavy (non-hydrogen) atoms. The Morgan fingerprint density at radius 3 is 2.29 bits per heavy atom. The molecule has 2 aromatic rings. The van der Waals surface area contributed by atoms with Gasteiger partial charge in [-0.3, -0.25) is 9.59 Å². The van der Waals surface area contributed by atoms with Crippen molar-refractivity contribution in [3.8, 4) is 11.1 Å². The predicted octanol–water partition coefficient (Wildman–Crippen LogP) is 3.47. The van der Waals surface area contributed by atoms with Crippen molar-refractivity contribution in [2.75, 3.05) is 19.8 Å². The number of ether oxygens (including phenoxy) is 2. The van der Waals surface area contributed by atoms with Gasteiger partial charge >= 0.3 is 12.1 Å². The van der Waals surface area contributed by atoms with Crippen LogP contribution in [0.25, 0.3) is 11.1 Å². The summed E-state index contributed by atoms with van der Waals surface area (Å²) in [6.07, 6.45) is 1.39. The van der Waals surface area contributed by atoms with Crippen molar-refractivity contribution in [3.63, 3.8) is 0 Å². The fraction of sp³-hybridized carbons (Fsp3) is 0.370. The molecule has 0 spiro atoms. The van der Waals surface area contributed by atoms with Crippen LogP contribution < -0.4 is 10.6 Å². The Morgan fingerprint density at radius 2 is 1.69 bits per heavy atom. The number of carbonyl (C=O) groups excluding carboxylic acids is 2. The van der Waals surface area contributed by atoms with Crippen molar-refractivity contribution in [3.05, 3.63) is 71.3 Å². The molecule has 1 aliphatic carbocycles. The first kappa shape index (κ1) is 24.5. The van der Waals surface area contributed by atoms with Crippen LogP contribution in [0.3, 0.4) is 0 Å². The van der Waals surface area contributed by atoms with E-state index >= 15 is 0 Å². The molecule has 0 bridgehead atoms. The third kappa shape index (κ3) is 5.54. The van der Waals surface area contributed by atoms with E-state index in [0.717, 1.165) is 27.8 Å². The average Bonchev–Trinajstić information content (AvgIpc) is 3.43. The number of carboxylic acid groups (broad SMARTS) is 1. The van der Waals surface area contributed by atoms with Crippen LogP contribution in [-0.4, -0.2) is 55.0 Å². The molecule has 184 valence electrons. The summed E-state index contributed by atoms with van der Waals surface area (Å²) in [7, 11) is 0. The first-order chi connectivity index (χ1) is 16.8. The van der Waals surface area contributed by atoms with Gasteiger partial charge in [-0.05, 0) is 42.5 Å². The second-order valence-corrected chi connectivity index (χ2v) is 9.14. The number of rotatable bonds is 8. The van der Waals surface area contributed by atoms with E-state index in [2.05, 4.69) is 22.8 Å². The van der Waals surface area contributed by atoms with Gasteiger partial charge in [0.1, 0.15) is 18.6 Å². The lowest BCUT2D eigenvalue weighted by atomic mass is 9.98. The maximum atomic E-state index is 12.9. The highest BCUT2D eigenvalue weighted by molar-refractivity contribution is 5.87. The summed E-state index contributed by atoms with van der Waals surface area (Å²) in [5.41, 5.74) is 5.45. The number of aliphatic carboxylic acids is 1. The van der Waals surface area contributed by atoms with E-state index in [0.29, 0.717) is 0 Å². The number of amides is 2. The van der Waals surface area contributed by atoms with Crippen LogP contribution in [0, 0.1) is 5.92 Å². The molecule has 0 saturated carbocycles. The normalized spacial score (nSPS) is 19.3. The molecule has 8 nitrogen and oxygen atoms in total. The molecule has 3 N–H and O–H groups in total. The van der Waals surface area contributed by atoms with Crippen LogP contribution in [-0.2, 0) is 19.1 Å². The quantitative estimate of drug-likeness (QED) is 0.501. The van der Waals surface area contributed by atoms with E-state index in [9.17, 15) is 19.5 Å². The minimum Gasteiger partial charge on any atom is -0.481 e.